The molecule has 2 N–H and O–H groups in total. The molecule has 5 heteroatoms. The SMILES string of the molecule is O=[N+]([O-])c1ccc2[nH]c(CO)cc2c1. The molecule has 0 amide bonds. The molecule has 2 aromatic rings. The van der Waals surface area contributed by atoms with Gasteiger partial charge in [0.1, 0.15) is 0 Å². The third-order valence-corrected chi connectivity index (χ3v) is 2.04. The summed E-state index contributed by atoms with van der Waals surface area (Å²) in [5.74, 6) is 0. The van der Waals surface area contributed by atoms with Crippen molar-refractivity contribution in [3.63, 3.8) is 0 Å². The number of aromatic nitrogens is 1. The highest BCUT2D eigenvalue weighted by Gasteiger charge is 2.07. The van der Waals surface area contributed by atoms with E-state index in [0.29, 0.717) is 5.69 Å². The first kappa shape index (κ1) is 8.71. The molecule has 0 aliphatic rings. The van der Waals surface area contributed by atoms with Crippen molar-refractivity contribution in [2.24, 2.45) is 0 Å². The number of non-ortho nitro benzene ring substituents is 1. The van der Waals surface area contributed by atoms with Crippen molar-refractivity contribution in [3.8, 4) is 0 Å². The van der Waals surface area contributed by atoms with Crippen molar-refractivity contribution in [2.45, 2.75) is 6.61 Å². The first-order chi connectivity index (χ1) is 6.70. The van der Waals surface area contributed by atoms with Gasteiger partial charge in [0.25, 0.3) is 5.69 Å². The fraction of sp³-hybridized carbons (Fsp3) is 0.111. The highest BCUT2D eigenvalue weighted by molar-refractivity contribution is 5.82. The van der Waals surface area contributed by atoms with E-state index in [2.05, 4.69) is 4.98 Å². The van der Waals surface area contributed by atoms with Gasteiger partial charge in [-0.05, 0) is 12.1 Å². The Hall–Kier alpha value is -1.88. The maximum Gasteiger partial charge on any atom is 0.270 e. The number of hydrogen-bond donors (Lipinski definition) is 2. The second-order valence-corrected chi connectivity index (χ2v) is 2.98. The first-order valence-corrected chi connectivity index (χ1v) is 4.07. The van der Waals surface area contributed by atoms with Gasteiger partial charge in [-0.15, -0.1) is 0 Å². The smallest absolute Gasteiger partial charge is 0.270 e. The number of aromatic amines is 1. The molecule has 72 valence electrons. The number of nitro groups is 1. The molecule has 1 aromatic carbocycles. The minimum Gasteiger partial charge on any atom is -0.390 e. The van der Waals surface area contributed by atoms with Crippen LogP contribution in [-0.2, 0) is 6.61 Å². The number of H-pyrrole nitrogens is 1. The van der Waals surface area contributed by atoms with Crippen molar-refractivity contribution in [1.29, 1.82) is 0 Å². The molecular formula is C9H8N2O3. The Labute approximate surface area is 79.1 Å². The molecule has 1 heterocycles. The van der Waals surface area contributed by atoms with Gasteiger partial charge in [-0.3, -0.25) is 10.1 Å². The van der Waals surface area contributed by atoms with Crippen LogP contribution < -0.4 is 0 Å². The Morgan fingerprint density at radius 1 is 1.43 bits per heavy atom. The van der Waals surface area contributed by atoms with Crippen LogP contribution in [0.25, 0.3) is 10.9 Å². The number of fused-ring (bicyclic) bond motifs is 1. The van der Waals surface area contributed by atoms with Gasteiger partial charge < -0.3 is 10.1 Å². The molecule has 0 aliphatic heterocycles. The number of aliphatic hydroxyl groups is 1. The summed E-state index contributed by atoms with van der Waals surface area (Å²) in [4.78, 5) is 13.0. The topological polar surface area (TPSA) is 79.2 Å². The van der Waals surface area contributed by atoms with Crippen LogP contribution in [0, 0.1) is 10.1 Å². The van der Waals surface area contributed by atoms with Crippen molar-refractivity contribution in [1.82, 2.24) is 4.98 Å². The molecule has 0 saturated carbocycles. The molecule has 0 saturated heterocycles. The Bertz CT molecular complexity index is 490. The molecule has 0 spiro atoms. The lowest BCUT2D eigenvalue weighted by Gasteiger charge is -1.90. The van der Waals surface area contributed by atoms with E-state index in [-0.39, 0.29) is 12.3 Å². The van der Waals surface area contributed by atoms with Gasteiger partial charge in [-0.2, -0.15) is 0 Å². The van der Waals surface area contributed by atoms with E-state index in [1.54, 1.807) is 12.1 Å². The molecule has 0 radical (unpaired) electrons. The highest BCUT2D eigenvalue weighted by Crippen LogP contribution is 2.21. The van der Waals surface area contributed by atoms with Gasteiger partial charge in [0, 0.05) is 28.7 Å². The third-order valence-electron chi connectivity index (χ3n) is 2.04. The van der Waals surface area contributed by atoms with Gasteiger partial charge in [-0.1, -0.05) is 0 Å². The number of hydrogen-bond acceptors (Lipinski definition) is 3. The van der Waals surface area contributed by atoms with Crippen LogP contribution in [0.1, 0.15) is 5.69 Å². The van der Waals surface area contributed by atoms with Gasteiger partial charge in [0.15, 0.2) is 0 Å². The van der Waals surface area contributed by atoms with Crippen LogP contribution in [-0.4, -0.2) is 15.0 Å². The number of nitrogens with one attached hydrogen (secondary N) is 1. The van der Waals surface area contributed by atoms with E-state index < -0.39 is 4.92 Å². The van der Waals surface area contributed by atoms with Gasteiger partial charge in [0.05, 0.1) is 11.5 Å². The Balaban J connectivity index is 2.59. The lowest BCUT2D eigenvalue weighted by Crippen LogP contribution is -1.86. The molecule has 14 heavy (non-hydrogen) atoms. The van der Waals surface area contributed by atoms with Crippen molar-refractivity contribution in [2.75, 3.05) is 0 Å². The van der Waals surface area contributed by atoms with Crippen molar-refractivity contribution < 1.29 is 10.0 Å². The van der Waals surface area contributed by atoms with Crippen molar-refractivity contribution in [3.05, 3.63) is 40.1 Å². The summed E-state index contributed by atoms with van der Waals surface area (Å²) in [6.45, 7) is -0.0948. The zero-order valence-electron chi connectivity index (χ0n) is 7.23. The fourth-order valence-corrected chi connectivity index (χ4v) is 1.38. The Morgan fingerprint density at radius 3 is 2.86 bits per heavy atom. The molecule has 0 aliphatic carbocycles. The lowest BCUT2D eigenvalue weighted by atomic mass is 10.2. The monoisotopic (exact) mass is 192 g/mol. The van der Waals surface area contributed by atoms with E-state index in [0.717, 1.165) is 10.9 Å². The quantitative estimate of drug-likeness (QED) is 0.559. The number of nitro benzene ring substituents is 1. The molecule has 1 aromatic heterocycles. The Morgan fingerprint density at radius 2 is 2.21 bits per heavy atom. The Kier molecular flexibility index (Phi) is 1.94. The molecule has 0 fully saturated rings. The average Bonchev–Trinajstić information content (AvgIpc) is 2.58. The number of rotatable bonds is 2. The number of nitrogens with zero attached hydrogens (tertiary/aromatic N) is 1. The first-order valence-electron chi connectivity index (χ1n) is 4.07. The predicted octanol–water partition coefficient (Wildman–Crippen LogP) is 1.57. The maximum absolute atomic E-state index is 10.5. The normalized spacial score (nSPS) is 10.6. The van der Waals surface area contributed by atoms with E-state index in [1.165, 1.54) is 12.1 Å². The van der Waals surface area contributed by atoms with E-state index in [9.17, 15) is 10.1 Å². The van der Waals surface area contributed by atoms with E-state index in [1.807, 2.05) is 0 Å². The number of aliphatic hydroxyl groups excluding tert-OH is 1. The van der Waals surface area contributed by atoms with Crippen LogP contribution in [0.4, 0.5) is 5.69 Å². The second kappa shape index (κ2) is 3.12. The van der Waals surface area contributed by atoms with Crippen LogP contribution in [0.15, 0.2) is 24.3 Å². The summed E-state index contributed by atoms with van der Waals surface area (Å²) in [5.41, 5.74) is 1.50. The minimum absolute atomic E-state index is 0.0565. The van der Waals surface area contributed by atoms with Crippen LogP contribution >= 0.6 is 0 Å². The van der Waals surface area contributed by atoms with E-state index in [4.69, 9.17) is 5.11 Å². The molecule has 2 rings (SSSR count). The minimum atomic E-state index is -0.439. The van der Waals surface area contributed by atoms with Crippen molar-refractivity contribution >= 4 is 16.6 Å². The largest absolute Gasteiger partial charge is 0.390 e. The summed E-state index contributed by atoms with van der Waals surface area (Å²) in [5, 5.41) is 20.1. The maximum atomic E-state index is 10.5. The molecule has 0 atom stereocenters. The zero-order valence-corrected chi connectivity index (χ0v) is 7.23. The third kappa shape index (κ3) is 1.33. The van der Waals surface area contributed by atoms with Crippen LogP contribution in [0.2, 0.25) is 0 Å². The number of benzene rings is 1. The second-order valence-electron chi connectivity index (χ2n) is 2.98. The van der Waals surface area contributed by atoms with Gasteiger partial charge in [-0.25, -0.2) is 0 Å². The molecule has 0 unspecified atom stereocenters. The summed E-state index contributed by atoms with van der Waals surface area (Å²) in [6, 6.07) is 6.24. The summed E-state index contributed by atoms with van der Waals surface area (Å²) in [6.07, 6.45) is 0. The van der Waals surface area contributed by atoms with Crippen LogP contribution in [0.5, 0.6) is 0 Å². The van der Waals surface area contributed by atoms with Crippen LogP contribution in [0.3, 0.4) is 0 Å². The molecule has 5 nitrogen and oxygen atoms in total. The standard InChI is InChI=1S/C9H8N2O3/c12-5-7-3-6-4-8(11(13)14)1-2-9(6)10-7/h1-4,10,12H,5H2. The zero-order chi connectivity index (χ0) is 10.1. The van der Waals surface area contributed by atoms with Gasteiger partial charge >= 0.3 is 0 Å². The summed E-state index contributed by atoms with van der Waals surface area (Å²) >= 11 is 0. The summed E-state index contributed by atoms with van der Waals surface area (Å²) < 4.78 is 0. The molecule has 0 bridgehead atoms. The van der Waals surface area contributed by atoms with E-state index >= 15 is 0 Å². The highest BCUT2D eigenvalue weighted by atomic mass is 16.6. The molecular weight excluding hydrogens is 184 g/mol. The summed E-state index contributed by atoms with van der Waals surface area (Å²) in [7, 11) is 0. The lowest BCUT2D eigenvalue weighted by molar-refractivity contribution is -0.384. The fourth-order valence-electron chi connectivity index (χ4n) is 1.38. The predicted molar refractivity (Wildman–Crippen MR) is 50.9 cm³/mol. The average molecular weight is 192 g/mol. The van der Waals surface area contributed by atoms with Gasteiger partial charge in [0.2, 0.25) is 0 Å².